The van der Waals surface area contributed by atoms with Crippen molar-refractivity contribution in [3.63, 3.8) is 0 Å². The maximum atomic E-state index is 12.3. The summed E-state index contributed by atoms with van der Waals surface area (Å²) in [6.07, 6.45) is 1.85. The Morgan fingerprint density at radius 2 is 1.70 bits per heavy atom. The number of aryl methyl sites for hydroxylation is 1. The highest BCUT2D eigenvalue weighted by Gasteiger charge is 2.22. The fraction of sp³-hybridized carbons (Fsp3) is 0.308. The number of thioether (sulfide) groups is 1. The Hall–Kier alpha value is -2.02. The number of amides is 1. The summed E-state index contributed by atoms with van der Waals surface area (Å²) in [5.74, 6) is -3.10. The fourth-order valence-electron chi connectivity index (χ4n) is 1.65. The summed E-state index contributed by atoms with van der Waals surface area (Å²) >= 11 is 1.45. The standard InChI is InChI=1S/C13H15NO5S/c1-8-3-4-9(20-2)5-10(8)13(19)14(6-11(15)16)7-12(17)18/h3-5H,6-7H2,1-2H3,(H,15,16)(H,17,18). The van der Waals surface area contributed by atoms with Crippen molar-refractivity contribution in [3.05, 3.63) is 29.3 Å². The summed E-state index contributed by atoms with van der Waals surface area (Å²) in [4.78, 5) is 35.4. The summed E-state index contributed by atoms with van der Waals surface area (Å²) in [6, 6.07) is 5.23. The lowest BCUT2D eigenvalue weighted by molar-refractivity contribution is -0.140. The predicted molar refractivity (Wildman–Crippen MR) is 74.1 cm³/mol. The molecule has 0 aliphatic heterocycles. The maximum Gasteiger partial charge on any atom is 0.323 e. The number of hydrogen-bond donors (Lipinski definition) is 2. The normalized spacial score (nSPS) is 10.1. The van der Waals surface area contributed by atoms with Gasteiger partial charge in [-0.2, -0.15) is 0 Å². The topological polar surface area (TPSA) is 94.9 Å². The van der Waals surface area contributed by atoms with E-state index in [1.807, 2.05) is 12.3 Å². The van der Waals surface area contributed by atoms with Gasteiger partial charge in [-0.1, -0.05) is 6.07 Å². The zero-order valence-electron chi connectivity index (χ0n) is 11.1. The summed E-state index contributed by atoms with van der Waals surface area (Å²) < 4.78 is 0. The Balaban J connectivity index is 3.10. The Morgan fingerprint density at radius 1 is 1.15 bits per heavy atom. The van der Waals surface area contributed by atoms with Crippen molar-refractivity contribution < 1.29 is 24.6 Å². The average Bonchev–Trinajstić information content (AvgIpc) is 2.36. The molecular weight excluding hydrogens is 282 g/mol. The highest BCUT2D eigenvalue weighted by molar-refractivity contribution is 7.98. The quantitative estimate of drug-likeness (QED) is 0.769. The van der Waals surface area contributed by atoms with E-state index in [1.165, 1.54) is 11.8 Å². The third-order valence-corrected chi connectivity index (χ3v) is 3.34. The lowest BCUT2D eigenvalue weighted by Gasteiger charge is -2.19. The molecule has 108 valence electrons. The van der Waals surface area contributed by atoms with Gasteiger partial charge in [0.25, 0.3) is 5.91 Å². The first-order valence-corrected chi connectivity index (χ1v) is 6.95. The van der Waals surface area contributed by atoms with E-state index in [4.69, 9.17) is 10.2 Å². The van der Waals surface area contributed by atoms with Crippen LogP contribution in [0.15, 0.2) is 23.1 Å². The van der Waals surface area contributed by atoms with Crippen molar-refractivity contribution in [2.75, 3.05) is 19.3 Å². The van der Waals surface area contributed by atoms with Crippen molar-refractivity contribution in [2.45, 2.75) is 11.8 Å². The van der Waals surface area contributed by atoms with Crippen molar-refractivity contribution >= 4 is 29.6 Å². The fourth-order valence-corrected chi connectivity index (χ4v) is 2.09. The molecular formula is C13H15NO5S. The van der Waals surface area contributed by atoms with Crippen molar-refractivity contribution in [1.82, 2.24) is 4.90 Å². The molecule has 0 radical (unpaired) electrons. The molecule has 0 fully saturated rings. The van der Waals surface area contributed by atoms with E-state index in [1.54, 1.807) is 19.1 Å². The molecule has 20 heavy (non-hydrogen) atoms. The van der Waals surface area contributed by atoms with Crippen LogP contribution in [0.5, 0.6) is 0 Å². The van der Waals surface area contributed by atoms with Crippen LogP contribution in [0.2, 0.25) is 0 Å². The van der Waals surface area contributed by atoms with Gasteiger partial charge in [-0.3, -0.25) is 14.4 Å². The average molecular weight is 297 g/mol. The molecule has 0 spiro atoms. The van der Waals surface area contributed by atoms with Gasteiger partial charge in [0.1, 0.15) is 13.1 Å². The predicted octanol–water partition coefficient (Wildman–Crippen LogP) is 1.33. The zero-order valence-corrected chi connectivity index (χ0v) is 11.9. The van der Waals surface area contributed by atoms with Gasteiger partial charge in [-0.05, 0) is 30.9 Å². The molecule has 0 unspecified atom stereocenters. The Kier molecular flexibility index (Phi) is 5.57. The molecule has 6 nitrogen and oxygen atoms in total. The van der Waals surface area contributed by atoms with Crippen molar-refractivity contribution in [2.24, 2.45) is 0 Å². The van der Waals surface area contributed by atoms with Crippen molar-refractivity contribution in [3.8, 4) is 0 Å². The molecule has 7 heteroatoms. The number of carbonyl (C=O) groups is 3. The summed E-state index contributed by atoms with van der Waals surface area (Å²) in [5.41, 5.74) is 0.993. The molecule has 1 aromatic carbocycles. The van der Waals surface area contributed by atoms with Crippen LogP contribution in [-0.2, 0) is 9.59 Å². The minimum atomic E-state index is -1.25. The number of nitrogens with zero attached hydrogens (tertiary/aromatic N) is 1. The molecule has 0 heterocycles. The Morgan fingerprint density at radius 3 is 2.15 bits per heavy atom. The molecule has 0 saturated carbocycles. The van der Waals surface area contributed by atoms with Gasteiger partial charge in [0.15, 0.2) is 0 Å². The van der Waals surface area contributed by atoms with E-state index in [0.717, 1.165) is 9.80 Å². The van der Waals surface area contributed by atoms with Crippen LogP contribution >= 0.6 is 11.8 Å². The van der Waals surface area contributed by atoms with E-state index < -0.39 is 30.9 Å². The van der Waals surface area contributed by atoms with Crippen LogP contribution in [0, 0.1) is 6.92 Å². The minimum Gasteiger partial charge on any atom is -0.480 e. The van der Waals surface area contributed by atoms with Crippen LogP contribution in [0.3, 0.4) is 0 Å². The van der Waals surface area contributed by atoms with Gasteiger partial charge < -0.3 is 15.1 Å². The van der Waals surface area contributed by atoms with Crippen LogP contribution in [0.25, 0.3) is 0 Å². The summed E-state index contributed by atoms with van der Waals surface area (Å²) in [6.45, 7) is 0.430. The largest absolute Gasteiger partial charge is 0.480 e. The molecule has 1 rings (SSSR count). The number of carboxylic acid groups (broad SMARTS) is 2. The number of hydrogen-bond acceptors (Lipinski definition) is 4. The van der Waals surface area contributed by atoms with Crippen LogP contribution in [0.1, 0.15) is 15.9 Å². The lowest BCUT2D eigenvalue weighted by atomic mass is 10.1. The highest BCUT2D eigenvalue weighted by Crippen LogP contribution is 2.20. The van der Waals surface area contributed by atoms with Gasteiger partial charge in [-0.15, -0.1) is 11.8 Å². The number of benzene rings is 1. The second-order valence-corrected chi connectivity index (χ2v) is 5.01. The highest BCUT2D eigenvalue weighted by atomic mass is 32.2. The molecule has 0 saturated heterocycles. The zero-order chi connectivity index (χ0) is 15.3. The summed E-state index contributed by atoms with van der Waals surface area (Å²) in [5, 5.41) is 17.5. The number of carbonyl (C=O) groups excluding carboxylic acids is 1. The van der Waals surface area contributed by atoms with E-state index >= 15 is 0 Å². The molecule has 0 bridgehead atoms. The summed E-state index contributed by atoms with van der Waals surface area (Å²) in [7, 11) is 0. The Labute approximate surface area is 120 Å². The first kappa shape index (κ1) is 16.0. The third kappa shape index (κ3) is 4.27. The molecule has 0 aromatic heterocycles. The monoisotopic (exact) mass is 297 g/mol. The van der Waals surface area contributed by atoms with Crippen LogP contribution in [-0.4, -0.2) is 52.3 Å². The molecule has 1 aromatic rings. The second kappa shape index (κ2) is 6.95. The minimum absolute atomic E-state index is 0.319. The Bertz CT molecular complexity index is 528. The first-order chi connectivity index (χ1) is 9.35. The number of rotatable bonds is 6. The second-order valence-electron chi connectivity index (χ2n) is 4.13. The van der Waals surface area contributed by atoms with E-state index in [0.29, 0.717) is 11.1 Å². The molecule has 2 N–H and O–H groups in total. The van der Waals surface area contributed by atoms with Crippen LogP contribution in [0.4, 0.5) is 0 Å². The smallest absolute Gasteiger partial charge is 0.323 e. The van der Waals surface area contributed by atoms with Crippen molar-refractivity contribution in [1.29, 1.82) is 0 Å². The van der Waals surface area contributed by atoms with Gasteiger partial charge >= 0.3 is 11.9 Å². The molecule has 0 aliphatic rings. The van der Waals surface area contributed by atoms with E-state index in [2.05, 4.69) is 0 Å². The van der Waals surface area contributed by atoms with Gasteiger partial charge in [0, 0.05) is 10.5 Å². The number of carboxylic acids is 2. The van der Waals surface area contributed by atoms with Gasteiger partial charge in [0.2, 0.25) is 0 Å². The van der Waals surface area contributed by atoms with E-state index in [-0.39, 0.29) is 0 Å². The van der Waals surface area contributed by atoms with Gasteiger partial charge in [-0.25, -0.2) is 0 Å². The van der Waals surface area contributed by atoms with E-state index in [9.17, 15) is 14.4 Å². The third-order valence-electron chi connectivity index (χ3n) is 2.61. The number of aliphatic carboxylic acids is 2. The lowest BCUT2D eigenvalue weighted by Crippen LogP contribution is -2.39. The molecule has 1 amide bonds. The molecule has 0 atom stereocenters. The van der Waals surface area contributed by atoms with Crippen LogP contribution < -0.4 is 0 Å². The molecule has 0 aliphatic carbocycles. The SMILES string of the molecule is CSc1ccc(C)c(C(=O)N(CC(=O)O)CC(=O)O)c1. The maximum absolute atomic E-state index is 12.3. The van der Waals surface area contributed by atoms with Gasteiger partial charge in [0.05, 0.1) is 0 Å². The first-order valence-electron chi connectivity index (χ1n) is 5.72.